The van der Waals surface area contributed by atoms with Crippen molar-refractivity contribution in [1.82, 2.24) is 9.97 Å². The van der Waals surface area contributed by atoms with Gasteiger partial charge < -0.3 is 25.8 Å². The van der Waals surface area contributed by atoms with Crippen LogP contribution in [0.15, 0.2) is 34.0 Å². The number of rotatable bonds is 1. The number of carboxylic acids is 1. The van der Waals surface area contributed by atoms with Gasteiger partial charge in [0.1, 0.15) is 17.1 Å². The van der Waals surface area contributed by atoms with Crippen LogP contribution in [0.1, 0.15) is 15.9 Å². The van der Waals surface area contributed by atoms with Crippen molar-refractivity contribution in [3.05, 3.63) is 56.4 Å². The van der Waals surface area contributed by atoms with Crippen LogP contribution in [0.4, 0.5) is 0 Å². The highest BCUT2D eigenvalue weighted by Gasteiger charge is 2.08. The number of phenolic OH excluding ortho intramolecular Hbond substituents is 1. The lowest BCUT2D eigenvalue weighted by atomic mass is 10.2. The van der Waals surface area contributed by atoms with Crippen LogP contribution in [-0.2, 0) is 0 Å². The van der Waals surface area contributed by atoms with Gasteiger partial charge in [0.2, 0.25) is 0 Å². The Bertz CT molecular complexity index is 733. The summed E-state index contributed by atoms with van der Waals surface area (Å²) in [6.45, 7) is 1.62. The number of aromatic nitrogens is 2. The number of hydrogen-bond acceptors (Lipinski definition) is 5. The van der Waals surface area contributed by atoms with E-state index in [0.29, 0.717) is 5.56 Å². The Kier molecular flexibility index (Phi) is 6.41. The van der Waals surface area contributed by atoms with E-state index in [0.717, 1.165) is 12.1 Å². The second-order valence-electron chi connectivity index (χ2n) is 3.76. The van der Waals surface area contributed by atoms with E-state index < -0.39 is 17.4 Å². The molecule has 0 amide bonds. The molecule has 114 valence electrons. The van der Waals surface area contributed by atoms with Crippen molar-refractivity contribution in [2.45, 2.75) is 6.92 Å². The van der Waals surface area contributed by atoms with Crippen molar-refractivity contribution in [2.75, 3.05) is 0 Å². The lowest BCUT2D eigenvalue weighted by Gasteiger charge is -1.97. The zero-order valence-electron chi connectivity index (χ0n) is 10.9. The molecule has 1 aromatic carbocycles. The van der Waals surface area contributed by atoms with E-state index in [2.05, 4.69) is 9.97 Å². The molecule has 0 spiro atoms. The molecule has 9 heteroatoms. The summed E-state index contributed by atoms with van der Waals surface area (Å²) in [5.74, 6) is -1.81. The molecule has 0 fully saturated rings. The fourth-order valence-corrected chi connectivity index (χ4v) is 1.18. The highest BCUT2D eigenvalue weighted by Crippen LogP contribution is 2.21. The number of carbonyl (C=O) groups is 1. The number of aryl methyl sites for hydroxylation is 1. The van der Waals surface area contributed by atoms with E-state index in [1.54, 1.807) is 6.92 Å². The molecule has 0 bridgehead atoms. The first kappa shape index (κ1) is 17.9. The Hall–Kier alpha value is -3.07. The summed E-state index contributed by atoms with van der Waals surface area (Å²) in [7, 11) is 0. The van der Waals surface area contributed by atoms with E-state index in [4.69, 9.17) is 15.3 Å². The van der Waals surface area contributed by atoms with Crippen molar-refractivity contribution in [3.8, 4) is 11.5 Å². The molecule has 2 aromatic rings. The predicted molar refractivity (Wildman–Crippen MR) is 72.8 cm³/mol. The maximum atomic E-state index is 10.6. The number of hydrogen-bond donors (Lipinski definition) is 5. The molecule has 0 aliphatic rings. The molecule has 0 aliphatic heterocycles. The van der Waals surface area contributed by atoms with Gasteiger partial charge in [-0.1, -0.05) is 0 Å². The third kappa shape index (κ3) is 5.20. The molecule has 1 heterocycles. The molecule has 21 heavy (non-hydrogen) atoms. The van der Waals surface area contributed by atoms with Crippen molar-refractivity contribution >= 4 is 5.97 Å². The van der Waals surface area contributed by atoms with E-state index in [9.17, 15) is 14.4 Å². The number of aromatic carboxylic acids is 1. The highest BCUT2D eigenvalue weighted by molar-refractivity contribution is 5.90. The third-order valence-electron chi connectivity index (χ3n) is 2.22. The zero-order valence-corrected chi connectivity index (χ0v) is 10.9. The minimum absolute atomic E-state index is 0. The van der Waals surface area contributed by atoms with Gasteiger partial charge in [0.05, 0.1) is 0 Å². The summed E-state index contributed by atoms with van der Waals surface area (Å²) in [6, 6.07) is 3.31. The van der Waals surface area contributed by atoms with Gasteiger partial charge in [-0.3, -0.25) is 9.78 Å². The monoisotopic (exact) mass is 298 g/mol. The quantitative estimate of drug-likeness (QED) is 0.467. The lowest BCUT2D eigenvalue weighted by molar-refractivity contribution is 0.0693. The summed E-state index contributed by atoms with van der Waals surface area (Å²) >= 11 is 0. The summed E-state index contributed by atoms with van der Waals surface area (Å²) in [6.07, 6.45) is 1.38. The van der Waals surface area contributed by atoms with Gasteiger partial charge in [-0.2, -0.15) is 0 Å². The smallest absolute Gasteiger partial charge is 0.339 e. The Morgan fingerprint density at radius 3 is 2.24 bits per heavy atom. The van der Waals surface area contributed by atoms with Gasteiger partial charge in [-0.15, -0.1) is 0 Å². The number of phenols is 2. The van der Waals surface area contributed by atoms with Crippen molar-refractivity contribution in [2.24, 2.45) is 0 Å². The van der Waals surface area contributed by atoms with Gasteiger partial charge in [0, 0.05) is 17.8 Å². The van der Waals surface area contributed by atoms with Crippen LogP contribution in [0.5, 0.6) is 11.5 Å². The maximum absolute atomic E-state index is 10.6. The molecule has 7 N–H and O–H groups in total. The Morgan fingerprint density at radius 2 is 1.81 bits per heavy atom. The number of H-pyrrole nitrogens is 2. The molecule has 2 rings (SSSR count). The van der Waals surface area contributed by atoms with Gasteiger partial charge >= 0.3 is 11.7 Å². The van der Waals surface area contributed by atoms with Crippen LogP contribution >= 0.6 is 0 Å². The molecule has 0 atom stereocenters. The van der Waals surface area contributed by atoms with E-state index in [1.165, 1.54) is 12.3 Å². The van der Waals surface area contributed by atoms with Crippen LogP contribution in [0.2, 0.25) is 0 Å². The maximum Gasteiger partial charge on any atom is 0.339 e. The number of nitrogens with one attached hydrogen (secondary N) is 2. The standard InChI is InChI=1S/C7H6O4.C5H6N2O2.H2O/c8-4-1-2-5(7(10)11)6(9)3-4;1-3-2-6-5(9)7-4(3)8;/h1-3,8-9H,(H,10,11);2H,1H3,(H2,6,7,8,9);1H2. The Morgan fingerprint density at radius 1 is 1.19 bits per heavy atom. The van der Waals surface area contributed by atoms with E-state index >= 15 is 0 Å². The SMILES string of the molecule is Cc1c[nH]c(=O)[nH]c1=O.O.O=C(O)c1ccc(O)cc1O. The largest absolute Gasteiger partial charge is 0.508 e. The summed E-state index contributed by atoms with van der Waals surface area (Å²) in [5, 5.41) is 26.1. The number of aromatic hydroxyl groups is 2. The second kappa shape index (κ2) is 7.50. The fraction of sp³-hybridized carbons (Fsp3) is 0.0833. The first-order valence-corrected chi connectivity index (χ1v) is 5.35. The van der Waals surface area contributed by atoms with E-state index in [-0.39, 0.29) is 22.3 Å². The van der Waals surface area contributed by atoms with Crippen LogP contribution in [0, 0.1) is 6.92 Å². The zero-order chi connectivity index (χ0) is 15.3. The van der Waals surface area contributed by atoms with Crippen LogP contribution < -0.4 is 11.2 Å². The topological polar surface area (TPSA) is 175 Å². The van der Waals surface area contributed by atoms with Gasteiger partial charge in [0.15, 0.2) is 0 Å². The summed E-state index contributed by atoms with van der Waals surface area (Å²) < 4.78 is 0. The highest BCUT2D eigenvalue weighted by atomic mass is 16.4. The predicted octanol–water partition coefficient (Wildman–Crippen LogP) is -0.657. The molecular formula is C12H14N2O7. The Labute approximate surface area is 117 Å². The first-order chi connectivity index (χ1) is 9.31. The van der Waals surface area contributed by atoms with Gasteiger partial charge in [-0.05, 0) is 19.1 Å². The van der Waals surface area contributed by atoms with Crippen LogP contribution in [0.3, 0.4) is 0 Å². The van der Waals surface area contributed by atoms with Crippen molar-refractivity contribution < 1.29 is 25.6 Å². The molecule has 1 aromatic heterocycles. The molecule has 0 saturated heterocycles. The molecule has 0 saturated carbocycles. The minimum atomic E-state index is -1.22. The number of aromatic amines is 2. The van der Waals surface area contributed by atoms with Crippen LogP contribution in [0.25, 0.3) is 0 Å². The van der Waals surface area contributed by atoms with Crippen LogP contribution in [-0.4, -0.2) is 36.7 Å². The first-order valence-electron chi connectivity index (χ1n) is 5.35. The molecule has 0 aliphatic carbocycles. The second-order valence-corrected chi connectivity index (χ2v) is 3.76. The molecular weight excluding hydrogens is 284 g/mol. The average molecular weight is 298 g/mol. The molecule has 9 nitrogen and oxygen atoms in total. The molecule has 0 radical (unpaired) electrons. The summed E-state index contributed by atoms with van der Waals surface area (Å²) in [4.78, 5) is 35.6. The number of benzene rings is 1. The van der Waals surface area contributed by atoms with Crippen molar-refractivity contribution in [3.63, 3.8) is 0 Å². The minimum Gasteiger partial charge on any atom is -0.508 e. The Balaban J connectivity index is 0.000000370. The fourth-order valence-electron chi connectivity index (χ4n) is 1.18. The lowest BCUT2D eigenvalue weighted by Crippen LogP contribution is -2.22. The number of carboxylic acid groups (broad SMARTS) is 1. The van der Waals surface area contributed by atoms with Crippen molar-refractivity contribution in [1.29, 1.82) is 0 Å². The van der Waals surface area contributed by atoms with Gasteiger partial charge in [-0.25, -0.2) is 9.59 Å². The average Bonchev–Trinajstić information content (AvgIpc) is 2.34. The van der Waals surface area contributed by atoms with Gasteiger partial charge in [0.25, 0.3) is 5.56 Å². The normalized spacial score (nSPS) is 9.00. The third-order valence-corrected chi connectivity index (χ3v) is 2.22. The van der Waals surface area contributed by atoms with E-state index in [1.807, 2.05) is 0 Å². The summed E-state index contributed by atoms with van der Waals surface area (Å²) in [5.41, 5.74) is -0.512. The molecule has 0 unspecified atom stereocenters.